The molecule has 5 nitrogen and oxygen atoms in total. The summed E-state index contributed by atoms with van der Waals surface area (Å²) < 4.78 is 26.8. The van der Waals surface area contributed by atoms with Crippen LogP contribution in [-0.4, -0.2) is 38.1 Å². The smallest absolute Gasteiger partial charge is 0.243 e. The van der Waals surface area contributed by atoms with Crippen LogP contribution in [0.2, 0.25) is 10.0 Å². The fourth-order valence-electron chi connectivity index (χ4n) is 2.99. The molecule has 3 rings (SSSR count). The van der Waals surface area contributed by atoms with Crippen LogP contribution >= 0.6 is 23.2 Å². The summed E-state index contributed by atoms with van der Waals surface area (Å²) in [6, 6.07) is 11.2. The van der Waals surface area contributed by atoms with Gasteiger partial charge in [-0.3, -0.25) is 4.79 Å². The first-order chi connectivity index (χ1) is 12.9. The predicted molar refractivity (Wildman–Crippen MR) is 108 cm³/mol. The molecule has 1 saturated heterocycles. The second kappa shape index (κ2) is 8.61. The number of benzene rings is 2. The molecule has 0 aromatic heterocycles. The van der Waals surface area contributed by atoms with E-state index in [2.05, 4.69) is 5.32 Å². The zero-order chi connectivity index (χ0) is 19.4. The first kappa shape index (κ1) is 20.1. The van der Waals surface area contributed by atoms with Gasteiger partial charge in [0.25, 0.3) is 0 Å². The molecule has 1 aliphatic heterocycles. The number of nitrogens with one attached hydrogen (secondary N) is 1. The van der Waals surface area contributed by atoms with Crippen LogP contribution in [0.4, 0.5) is 5.69 Å². The quantitative estimate of drug-likeness (QED) is 0.692. The molecule has 0 amide bonds. The van der Waals surface area contributed by atoms with Crippen molar-refractivity contribution in [1.82, 2.24) is 4.31 Å². The number of hydrogen-bond acceptors (Lipinski definition) is 4. The van der Waals surface area contributed by atoms with Gasteiger partial charge in [-0.2, -0.15) is 4.31 Å². The number of halogens is 2. The molecule has 0 radical (unpaired) electrons. The van der Waals surface area contributed by atoms with Crippen molar-refractivity contribution in [3.63, 3.8) is 0 Å². The third kappa shape index (κ3) is 4.63. The Balaban J connectivity index is 1.67. The fourth-order valence-corrected chi connectivity index (χ4v) is 4.87. The highest BCUT2D eigenvalue weighted by Crippen LogP contribution is 2.29. The van der Waals surface area contributed by atoms with Crippen LogP contribution in [0, 0.1) is 0 Å². The Kier molecular flexibility index (Phi) is 6.42. The van der Waals surface area contributed by atoms with Gasteiger partial charge < -0.3 is 5.32 Å². The highest BCUT2D eigenvalue weighted by molar-refractivity contribution is 7.89. The Morgan fingerprint density at radius 2 is 1.67 bits per heavy atom. The maximum atomic E-state index is 12.6. The number of sulfonamides is 1. The van der Waals surface area contributed by atoms with Gasteiger partial charge in [0.1, 0.15) is 0 Å². The van der Waals surface area contributed by atoms with Crippen molar-refractivity contribution in [1.29, 1.82) is 0 Å². The first-order valence-electron chi connectivity index (χ1n) is 8.71. The standard InChI is InChI=1S/C19H20Cl2N2O3S/c20-16-5-4-6-17(19(16)21)22-13-18(24)14-7-9-15(10-8-14)27(25,26)23-11-2-1-3-12-23/h4-10,22H,1-3,11-13H2. The van der Waals surface area contributed by atoms with Crippen LogP contribution in [0.15, 0.2) is 47.4 Å². The molecule has 0 spiro atoms. The van der Waals surface area contributed by atoms with E-state index in [1.165, 1.54) is 16.4 Å². The van der Waals surface area contributed by atoms with E-state index in [1.807, 2.05) is 0 Å². The number of piperidine rings is 1. The van der Waals surface area contributed by atoms with Gasteiger partial charge in [0, 0.05) is 18.7 Å². The third-order valence-corrected chi connectivity index (χ3v) is 7.25. The maximum absolute atomic E-state index is 12.6. The molecule has 0 aliphatic carbocycles. The number of hydrogen-bond donors (Lipinski definition) is 1. The summed E-state index contributed by atoms with van der Waals surface area (Å²) in [6.45, 7) is 1.12. The van der Waals surface area contributed by atoms with Crippen LogP contribution in [-0.2, 0) is 10.0 Å². The van der Waals surface area contributed by atoms with Crippen molar-refractivity contribution in [2.75, 3.05) is 25.0 Å². The van der Waals surface area contributed by atoms with Gasteiger partial charge in [0.15, 0.2) is 5.78 Å². The van der Waals surface area contributed by atoms with Crippen LogP contribution in [0.1, 0.15) is 29.6 Å². The first-order valence-corrected chi connectivity index (χ1v) is 10.9. The van der Waals surface area contributed by atoms with E-state index < -0.39 is 10.0 Å². The minimum absolute atomic E-state index is 0.0261. The summed E-state index contributed by atoms with van der Waals surface area (Å²) in [5.41, 5.74) is 1.00. The predicted octanol–water partition coefficient (Wildman–Crippen LogP) is 4.46. The second-order valence-electron chi connectivity index (χ2n) is 6.37. The van der Waals surface area contributed by atoms with Gasteiger partial charge in [0.2, 0.25) is 10.0 Å². The Labute approximate surface area is 169 Å². The molecule has 2 aromatic rings. The van der Waals surface area contributed by atoms with Gasteiger partial charge in [-0.25, -0.2) is 8.42 Å². The number of anilines is 1. The monoisotopic (exact) mass is 426 g/mol. The number of rotatable bonds is 6. The van der Waals surface area contributed by atoms with Crippen LogP contribution in [0.25, 0.3) is 0 Å². The third-order valence-electron chi connectivity index (χ3n) is 4.52. The Morgan fingerprint density at radius 3 is 2.33 bits per heavy atom. The average Bonchev–Trinajstić information content (AvgIpc) is 2.69. The molecule has 1 aliphatic rings. The van der Waals surface area contributed by atoms with E-state index in [1.54, 1.807) is 30.3 Å². The van der Waals surface area contributed by atoms with Crippen LogP contribution < -0.4 is 5.32 Å². The van der Waals surface area contributed by atoms with E-state index in [9.17, 15) is 13.2 Å². The maximum Gasteiger partial charge on any atom is 0.243 e. The molecule has 0 atom stereocenters. The number of ketones is 1. The van der Waals surface area contributed by atoms with E-state index in [0.29, 0.717) is 34.4 Å². The molecule has 0 saturated carbocycles. The zero-order valence-electron chi connectivity index (χ0n) is 14.6. The second-order valence-corrected chi connectivity index (χ2v) is 9.09. The van der Waals surface area contributed by atoms with Gasteiger partial charge in [-0.05, 0) is 49.2 Å². The highest BCUT2D eigenvalue weighted by atomic mass is 35.5. The van der Waals surface area contributed by atoms with Gasteiger partial charge >= 0.3 is 0 Å². The van der Waals surface area contributed by atoms with E-state index in [4.69, 9.17) is 23.2 Å². The molecule has 0 unspecified atom stereocenters. The molecule has 8 heteroatoms. The molecule has 1 heterocycles. The summed E-state index contributed by atoms with van der Waals surface area (Å²) in [6.07, 6.45) is 2.82. The minimum Gasteiger partial charge on any atom is -0.376 e. The molecule has 1 fully saturated rings. The lowest BCUT2D eigenvalue weighted by Gasteiger charge is -2.25. The van der Waals surface area contributed by atoms with Crippen LogP contribution in [0.5, 0.6) is 0 Å². The topological polar surface area (TPSA) is 66.5 Å². The van der Waals surface area contributed by atoms with E-state index >= 15 is 0 Å². The molecule has 27 heavy (non-hydrogen) atoms. The molecule has 2 aromatic carbocycles. The van der Waals surface area contributed by atoms with Gasteiger partial charge in [-0.15, -0.1) is 0 Å². The van der Waals surface area contributed by atoms with E-state index in [0.717, 1.165) is 19.3 Å². The van der Waals surface area contributed by atoms with Gasteiger partial charge in [0.05, 0.1) is 27.2 Å². The minimum atomic E-state index is -3.50. The van der Waals surface area contributed by atoms with Crippen molar-refractivity contribution < 1.29 is 13.2 Å². The Morgan fingerprint density at radius 1 is 1.00 bits per heavy atom. The van der Waals surface area contributed by atoms with Crippen molar-refractivity contribution in [2.45, 2.75) is 24.2 Å². The Bertz CT molecular complexity index is 924. The highest BCUT2D eigenvalue weighted by Gasteiger charge is 2.25. The lowest BCUT2D eigenvalue weighted by molar-refractivity contribution is 0.101. The summed E-state index contributed by atoms with van der Waals surface area (Å²) in [7, 11) is -3.50. The number of nitrogens with zero attached hydrogens (tertiary/aromatic N) is 1. The largest absolute Gasteiger partial charge is 0.376 e. The average molecular weight is 427 g/mol. The fraction of sp³-hybridized carbons (Fsp3) is 0.316. The van der Waals surface area contributed by atoms with E-state index in [-0.39, 0.29) is 17.2 Å². The number of carbonyl (C=O) groups is 1. The number of Topliss-reactive ketones (excluding diaryl/α,β-unsaturated/α-hetero) is 1. The van der Waals surface area contributed by atoms with Crippen molar-refractivity contribution in [3.8, 4) is 0 Å². The van der Waals surface area contributed by atoms with Crippen molar-refractivity contribution in [2.24, 2.45) is 0 Å². The molecule has 144 valence electrons. The normalized spacial score (nSPS) is 15.5. The summed E-state index contributed by atoms with van der Waals surface area (Å²) >= 11 is 12.0. The summed E-state index contributed by atoms with van der Waals surface area (Å²) in [4.78, 5) is 12.6. The summed E-state index contributed by atoms with van der Waals surface area (Å²) in [5.74, 6) is -0.173. The summed E-state index contributed by atoms with van der Waals surface area (Å²) in [5, 5.41) is 3.72. The SMILES string of the molecule is O=C(CNc1cccc(Cl)c1Cl)c1ccc(S(=O)(=O)N2CCCCC2)cc1. The van der Waals surface area contributed by atoms with Crippen LogP contribution in [0.3, 0.4) is 0 Å². The lowest BCUT2D eigenvalue weighted by Crippen LogP contribution is -2.35. The van der Waals surface area contributed by atoms with Gasteiger partial charge in [-0.1, -0.05) is 35.7 Å². The molecule has 1 N–H and O–H groups in total. The lowest BCUT2D eigenvalue weighted by atomic mass is 10.1. The molecular weight excluding hydrogens is 407 g/mol. The zero-order valence-corrected chi connectivity index (χ0v) is 16.9. The van der Waals surface area contributed by atoms with Crippen molar-refractivity contribution in [3.05, 3.63) is 58.1 Å². The molecule has 0 bridgehead atoms. The Hall–Kier alpha value is -1.60. The van der Waals surface area contributed by atoms with Crippen molar-refractivity contribution >= 4 is 44.7 Å². The molecular formula is C19H20Cl2N2O3S. The number of carbonyl (C=O) groups excluding carboxylic acids is 1.